The predicted octanol–water partition coefficient (Wildman–Crippen LogP) is 0.701. The molecule has 0 aromatic rings. The van der Waals surface area contributed by atoms with Gasteiger partial charge in [0.15, 0.2) is 0 Å². The molecule has 0 bridgehead atoms. The first kappa shape index (κ1) is 11.2. The van der Waals surface area contributed by atoms with Gasteiger partial charge in [-0.25, -0.2) is 0 Å². The van der Waals surface area contributed by atoms with E-state index in [4.69, 9.17) is 5.41 Å². The Labute approximate surface area is 77.6 Å². The Hall–Kier alpha value is -0.770. The van der Waals surface area contributed by atoms with Crippen molar-refractivity contribution >= 4 is 24.2 Å². The van der Waals surface area contributed by atoms with E-state index in [0.717, 1.165) is 12.8 Å². The number of amidine groups is 1. The standard InChI is InChI=1S/C7H12N2O2.ClH/c1-11-7(10)4-6(8)9-5-2-3-5;/h5H,2-4H2,1H3,(H2,8,9);1H. The molecule has 1 saturated carbocycles. The van der Waals surface area contributed by atoms with Crippen molar-refractivity contribution in [2.24, 2.45) is 0 Å². The van der Waals surface area contributed by atoms with Crippen molar-refractivity contribution < 1.29 is 9.53 Å². The number of nitrogens with one attached hydrogen (secondary N) is 2. The fourth-order valence-electron chi connectivity index (χ4n) is 0.742. The van der Waals surface area contributed by atoms with Gasteiger partial charge in [0.1, 0.15) is 12.3 Å². The molecule has 0 unspecified atom stereocenters. The van der Waals surface area contributed by atoms with Gasteiger partial charge in [0.2, 0.25) is 0 Å². The number of halogens is 1. The molecular formula is C7H13ClN2O2. The van der Waals surface area contributed by atoms with Crippen molar-refractivity contribution in [3.05, 3.63) is 0 Å². The lowest BCUT2D eigenvalue weighted by molar-refractivity contribution is -0.139. The van der Waals surface area contributed by atoms with Crippen LogP contribution in [0.25, 0.3) is 0 Å². The minimum atomic E-state index is -0.358. The summed E-state index contributed by atoms with van der Waals surface area (Å²) >= 11 is 0. The molecule has 1 aliphatic rings. The highest BCUT2D eigenvalue weighted by Crippen LogP contribution is 2.18. The van der Waals surface area contributed by atoms with Crippen LogP contribution in [0.2, 0.25) is 0 Å². The molecule has 0 aromatic carbocycles. The van der Waals surface area contributed by atoms with Gasteiger partial charge in [-0.1, -0.05) is 0 Å². The van der Waals surface area contributed by atoms with Gasteiger partial charge in [0.25, 0.3) is 0 Å². The Balaban J connectivity index is 0.00000121. The largest absolute Gasteiger partial charge is 0.469 e. The van der Waals surface area contributed by atoms with Gasteiger partial charge in [0, 0.05) is 6.04 Å². The number of esters is 1. The van der Waals surface area contributed by atoms with Crippen LogP contribution in [0, 0.1) is 5.41 Å². The Morgan fingerprint density at radius 1 is 1.67 bits per heavy atom. The van der Waals surface area contributed by atoms with Crippen molar-refractivity contribution in [3.8, 4) is 0 Å². The summed E-state index contributed by atoms with van der Waals surface area (Å²) in [6.45, 7) is 0. The van der Waals surface area contributed by atoms with Crippen LogP contribution in [0.3, 0.4) is 0 Å². The van der Waals surface area contributed by atoms with Crippen molar-refractivity contribution in [2.75, 3.05) is 7.11 Å². The molecule has 0 aliphatic heterocycles. The molecule has 12 heavy (non-hydrogen) atoms. The summed E-state index contributed by atoms with van der Waals surface area (Å²) in [6, 6.07) is 0.437. The monoisotopic (exact) mass is 192 g/mol. The SMILES string of the molecule is COC(=O)CC(=N)NC1CC1.Cl. The summed E-state index contributed by atoms with van der Waals surface area (Å²) in [5.41, 5.74) is 0. The van der Waals surface area contributed by atoms with E-state index in [9.17, 15) is 4.79 Å². The molecule has 1 fully saturated rings. The molecule has 4 nitrogen and oxygen atoms in total. The van der Waals surface area contributed by atoms with Gasteiger partial charge in [0.05, 0.1) is 7.11 Å². The number of carbonyl (C=O) groups is 1. The second kappa shape index (κ2) is 4.98. The van der Waals surface area contributed by atoms with Crippen LogP contribution in [-0.4, -0.2) is 25.0 Å². The highest BCUT2D eigenvalue weighted by molar-refractivity contribution is 5.96. The van der Waals surface area contributed by atoms with Gasteiger partial charge in [-0.05, 0) is 12.8 Å². The average Bonchev–Trinajstić information content (AvgIpc) is 2.71. The third kappa shape index (κ3) is 4.18. The maximum atomic E-state index is 10.6. The van der Waals surface area contributed by atoms with E-state index in [1.54, 1.807) is 0 Å². The first-order valence-electron chi connectivity index (χ1n) is 3.63. The maximum absolute atomic E-state index is 10.6. The van der Waals surface area contributed by atoms with Crippen LogP contribution < -0.4 is 5.32 Å². The first-order valence-corrected chi connectivity index (χ1v) is 3.63. The van der Waals surface area contributed by atoms with Gasteiger partial charge >= 0.3 is 5.97 Å². The summed E-state index contributed by atoms with van der Waals surface area (Å²) in [6.07, 6.45) is 2.29. The van der Waals surface area contributed by atoms with Crippen LogP contribution in [0.4, 0.5) is 0 Å². The Kier molecular flexibility index (Phi) is 4.66. The van der Waals surface area contributed by atoms with Gasteiger partial charge < -0.3 is 10.1 Å². The molecule has 0 amide bonds. The smallest absolute Gasteiger partial charge is 0.313 e. The molecule has 1 rings (SSSR count). The van der Waals surface area contributed by atoms with Gasteiger partial charge in [-0.15, -0.1) is 12.4 Å². The number of rotatable bonds is 3. The van der Waals surface area contributed by atoms with E-state index in [1.807, 2.05) is 0 Å². The van der Waals surface area contributed by atoms with Crippen LogP contribution in [0.15, 0.2) is 0 Å². The van der Waals surface area contributed by atoms with Crippen molar-refractivity contribution in [1.82, 2.24) is 5.32 Å². The molecule has 0 atom stereocenters. The molecule has 0 radical (unpaired) electrons. The van der Waals surface area contributed by atoms with Crippen molar-refractivity contribution in [3.63, 3.8) is 0 Å². The molecule has 0 spiro atoms. The lowest BCUT2D eigenvalue weighted by Crippen LogP contribution is -2.27. The zero-order valence-electron chi connectivity index (χ0n) is 6.92. The number of hydrogen-bond acceptors (Lipinski definition) is 3. The predicted molar refractivity (Wildman–Crippen MR) is 47.8 cm³/mol. The van der Waals surface area contributed by atoms with E-state index >= 15 is 0 Å². The summed E-state index contributed by atoms with van der Waals surface area (Å²) in [5, 5.41) is 10.2. The lowest BCUT2D eigenvalue weighted by Gasteiger charge is -2.03. The van der Waals surface area contributed by atoms with E-state index in [-0.39, 0.29) is 30.6 Å². The fourth-order valence-corrected chi connectivity index (χ4v) is 0.742. The number of ether oxygens (including phenoxy) is 1. The second-order valence-electron chi connectivity index (χ2n) is 2.65. The molecule has 70 valence electrons. The number of carbonyl (C=O) groups excluding carboxylic acids is 1. The van der Waals surface area contributed by atoms with Crippen molar-refractivity contribution in [2.45, 2.75) is 25.3 Å². The van der Waals surface area contributed by atoms with Crippen LogP contribution >= 0.6 is 12.4 Å². The van der Waals surface area contributed by atoms with Crippen LogP contribution in [0.1, 0.15) is 19.3 Å². The Morgan fingerprint density at radius 3 is 2.67 bits per heavy atom. The van der Waals surface area contributed by atoms with Gasteiger partial charge in [-0.2, -0.15) is 0 Å². The molecular weight excluding hydrogens is 180 g/mol. The second-order valence-corrected chi connectivity index (χ2v) is 2.65. The zero-order valence-corrected chi connectivity index (χ0v) is 7.74. The molecule has 0 saturated heterocycles. The topological polar surface area (TPSA) is 62.2 Å². The number of methoxy groups -OCH3 is 1. The summed E-state index contributed by atoms with van der Waals surface area (Å²) < 4.78 is 4.40. The van der Waals surface area contributed by atoms with Crippen LogP contribution in [0.5, 0.6) is 0 Å². The minimum Gasteiger partial charge on any atom is -0.469 e. The zero-order chi connectivity index (χ0) is 8.27. The summed E-state index contributed by atoms with van der Waals surface area (Å²) in [5.74, 6) is -0.0949. The minimum absolute atomic E-state index is 0. The maximum Gasteiger partial charge on any atom is 0.313 e. The summed E-state index contributed by atoms with van der Waals surface area (Å²) in [4.78, 5) is 10.6. The van der Waals surface area contributed by atoms with E-state index in [1.165, 1.54) is 7.11 Å². The Morgan fingerprint density at radius 2 is 2.25 bits per heavy atom. The normalized spacial score (nSPS) is 14.4. The number of hydrogen-bond donors (Lipinski definition) is 2. The highest BCUT2D eigenvalue weighted by Gasteiger charge is 2.22. The lowest BCUT2D eigenvalue weighted by atomic mass is 10.4. The first-order chi connectivity index (χ1) is 5.22. The average molecular weight is 193 g/mol. The van der Waals surface area contributed by atoms with Gasteiger partial charge in [-0.3, -0.25) is 10.2 Å². The fraction of sp³-hybridized carbons (Fsp3) is 0.714. The molecule has 1 aliphatic carbocycles. The molecule has 0 heterocycles. The summed E-state index contributed by atoms with van der Waals surface area (Å²) in [7, 11) is 1.33. The third-order valence-corrected chi connectivity index (χ3v) is 1.50. The van der Waals surface area contributed by atoms with E-state index < -0.39 is 0 Å². The molecule has 5 heteroatoms. The molecule has 2 N–H and O–H groups in total. The Bertz CT molecular complexity index is 180. The van der Waals surface area contributed by atoms with Crippen LogP contribution in [-0.2, 0) is 9.53 Å². The van der Waals surface area contributed by atoms with Crippen molar-refractivity contribution in [1.29, 1.82) is 5.41 Å². The van der Waals surface area contributed by atoms with E-state index in [0.29, 0.717) is 6.04 Å². The quantitative estimate of drug-likeness (QED) is 0.393. The highest BCUT2D eigenvalue weighted by atomic mass is 35.5. The third-order valence-electron chi connectivity index (χ3n) is 1.50. The van der Waals surface area contributed by atoms with E-state index in [2.05, 4.69) is 10.1 Å². The molecule has 0 aromatic heterocycles.